The Balaban J connectivity index is 2.31. The molecule has 1 atom stereocenters. The molecular weight excluding hydrogens is 320 g/mol. The number of alkyl carbamates (subject to hydrolysis) is 1. The Bertz CT molecular complexity index is 562. The van der Waals surface area contributed by atoms with Gasteiger partial charge in [0.05, 0.1) is 0 Å². The largest absolute Gasteiger partial charge is 0.481 e. The van der Waals surface area contributed by atoms with E-state index in [0.29, 0.717) is 18.2 Å². The van der Waals surface area contributed by atoms with Crippen LogP contribution in [0.25, 0.3) is 0 Å². The third kappa shape index (κ3) is 8.42. The smallest absolute Gasteiger partial charge is 0.407 e. The second-order valence-electron chi connectivity index (χ2n) is 7.20. The summed E-state index contributed by atoms with van der Waals surface area (Å²) in [6, 6.07) is 7.72. The maximum Gasteiger partial charge on any atom is 0.407 e. The van der Waals surface area contributed by atoms with E-state index in [4.69, 9.17) is 9.47 Å². The van der Waals surface area contributed by atoms with E-state index in [1.807, 2.05) is 24.3 Å². The van der Waals surface area contributed by atoms with E-state index in [2.05, 4.69) is 24.5 Å². The van der Waals surface area contributed by atoms with Crippen LogP contribution in [-0.2, 0) is 9.53 Å². The van der Waals surface area contributed by atoms with Gasteiger partial charge in [-0.25, -0.2) is 4.79 Å². The van der Waals surface area contributed by atoms with Gasteiger partial charge < -0.3 is 20.1 Å². The molecule has 0 aliphatic rings. The number of ether oxygens (including phenoxy) is 2. The molecule has 0 aliphatic carbocycles. The molecule has 0 bridgehead atoms. The van der Waals surface area contributed by atoms with Crippen molar-refractivity contribution < 1.29 is 19.1 Å². The van der Waals surface area contributed by atoms with E-state index in [-0.39, 0.29) is 12.5 Å². The Morgan fingerprint density at radius 3 is 2.08 bits per heavy atom. The van der Waals surface area contributed by atoms with Gasteiger partial charge >= 0.3 is 6.09 Å². The highest BCUT2D eigenvalue weighted by Gasteiger charge is 2.16. The van der Waals surface area contributed by atoms with E-state index in [1.54, 1.807) is 27.7 Å². The van der Waals surface area contributed by atoms with Crippen LogP contribution in [0.4, 0.5) is 4.79 Å². The van der Waals surface area contributed by atoms with Crippen LogP contribution in [0.15, 0.2) is 24.3 Å². The SMILES string of the molecule is CC(Oc1ccc(C(C)C)cc1)C(=O)NCCNC(=O)OC(C)(C)C. The van der Waals surface area contributed by atoms with Gasteiger partial charge in [-0.1, -0.05) is 26.0 Å². The van der Waals surface area contributed by atoms with Crippen molar-refractivity contribution in [1.82, 2.24) is 10.6 Å². The normalized spacial score (nSPS) is 12.4. The molecule has 1 aromatic rings. The summed E-state index contributed by atoms with van der Waals surface area (Å²) in [7, 11) is 0. The second kappa shape index (κ2) is 9.30. The van der Waals surface area contributed by atoms with E-state index in [0.717, 1.165) is 0 Å². The molecule has 1 rings (SSSR count). The molecule has 0 radical (unpaired) electrons. The molecule has 0 saturated heterocycles. The van der Waals surface area contributed by atoms with Crippen molar-refractivity contribution in [2.45, 2.75) is 59.2 Å². The summed E-state index contributed by atoms with van der Waals surface area (Å²) < 4.78 is 10.7. The fourth-order valence-corrected chi connectivity index (χ4v) is 2.00. The Morgan fingerprint density at radius 1 is 1.00 bits per heavy atom. The van der Waals surface area contributed by atoms with E-state index < -0.39 is 17.8 Å². The third-order valence-corrected chi connectivity index (χ3v) is 3.32. The lowest BCUT2D eigenvalue weighted by Gasteiger charge is -2.20. The Labute approximate surface area is 150 Å². The summed E-state index contributed by atoms with van der Waals surface area (Å²) in [5.74, 6) is 0.866. The van der Waals surface area contributed by atoms with Crippen LogP contribution in [0.3, 0.4) is 0 Å². The highest BCUT2D eigenvalue weighted by atomic mass is 16.6. The van der Waals surface area contributed by atoms with Gasteiger partial charge in [0.1, 0.15) is 11.4 Å². The minimum absolute atomic E-state index is 0.237. The van der Waals surface area contributed by atoms with Gasteiger partial charge in [-0.2, -0.15) is 0 Å². The average Bonchev–Trinajstić information content (AvgIpc) is 2.50. The summed E-state index contributed by atoms with van der Waals surface area (Å²) in [6.07, 6.45) is -1.12. The van der Waals surface area contributed by atoms with Gasteiger partial charge in [0, 0.05) is 13.1 Å². The zero-order chi connectivity index (χ0) is 19.0. The Kier molecular flexibility index (Phi) is 7.74. The number of hydrogen-bond acceptors (Lipinski definition) is 4. The van der Waals surface area contributed by atoms with Crippen LogP contribution in [-0.4, -0.2) is 36.8 Å². The minimum atomic E-state index is -0.619. The van der Waals surface area contributed by atoms with Crippen molar-refractivity contribution in [3.8, 4) is 5.75 Å². The zero-order valence-corrected chi connectivity index (χ0v) is 16.0. The van der Waals surface area contributed by atoms with Crippen molar-refractivity contribution >= 4 is 12.0 Å². The van der Waals surface area contributed by atoms with Crippen LogP contribution in [0.5, 0.6) is 5.75 Å². The highest BCUT2D eigenvalue weighted by Crippen LogP contribution is 2.19. The molecule has 0 saturated carbocycles. The first kappa shape index (κ1) is 20.8. The molecule has 0 spiro atoms. The quantitative estimate of drug-likeness (QED) is 0.740. The first-order valence-corrected chi connectivity index (χ1v) is 8.59. The van der Waals surface area contributed by atoms with Crippen molar-refractivity contribution in [3.05, 3.63) is 29.8 Å². The Morgan fingerprint density at radius 2 is 1.56 bits per heavy atom. The molecule has 2 amide bonds. The van der Waals surface area contributed by atoms with E-state index in [9.17, 15) is 9.59 Å². The molecule has 0 aromatic heterocycles. The first-order valence-electron chi connectivity index (χ1n) is 8.59. The average molecular weight is 350 g/mol. The van der Waals surface area contributed by atoms with Gasteiger partial charge in [0.15, 0.2) is 6.10 Å². The van der Waals surface area contributed by atoms with Gasteiger partial charge in [-0.15, -0.1) is 0 Å². The molecule has 2 N–H and O–H groups in total. The number of rotatable bonds is 7. The van der Waals surface area contributed by atoms with Crippen LogP contribution in [0, 0.1) is 0 Å². The fourth-order valence-electron chi connectivity index (χ4n) is 2.00. The second-order valence-corrected chi connectivity index (χ2v) is 7.20. The molecule has 140 valence electrons. The number of benzene rings is 1. The maximum absolute atomic E-state index is 12.0. The number of carbonyl (C=O) groups is 2. The summed E-state index contributed by atoms with van der Waals surface area (Å²) in [6.45, 7) is 11.9. The monoisotopic (exact) mass is 350 g/mol. The van der Waals surface area contributed by atoms with Crippen LogP contribution >= 0.6 is 0 Å². The minimum Gasteiger partial charge on any atom is -0.481 e. The molecule has 0 aliphatic heterocycles. The van der Waals surface area contributed by atoms with Gasteiger partial charge in [0.2, 0.25) is 0 Å². The fraction of sp³-hybridized carbons (Fsp3) is 0.579. The van der Waals surface area contributed by atoms with Gasteiger partial charge in [-0.05, 0) is 51.3 Å². The molecule has 25 heavy (non-hydrogen) atoms. The van der Waals surface area contributed by atoms with E-state index >= 15 is 0 Å². The lowest BCUT2D eigenvalue weighted by Crippen LogP contribution is -2.41. The number of amides is 2. The maximum atomic E-state index is 12.0. The number of carbonyl (C=O) groups excluding carboxylic acids is 2. The standard InChI is InChI=1S/C19H30N2O4/c1-13(2)15-7-9-16(10-8-15)24-14(3)17(22)20-11-12-21-18(23)25-19(4,5)6/h7-10,13-14H,11-12H2,1-6H3,(H,20,22)(H,21,23). The first-order chi connectivity index (χ1) is 11.6. The number of hydrogen-bond donors (Lipinski definition) is 2. The van der Waals surface area contributed by atoms with Crippen LogP contribution < -0.4 is 15.4 Å². The van der Waals surface area contributed by atoms with E-state index in [1.165, 1.54) is 5.56 Å². The predicted molar refractivity (Wildman–Crippen MR) is 97.9 cm³/mol. The third-order valence-electron chi connectivity index (χ3n) is 3.32. The lowest BCUT2D eigenvalue weighted by molar-refractivity contribution is -0.127. The summed E-state index contributed by atoms with van der Waals surface area (Å²) in [5, 5.41) is 5.30. The molecule has 0 fully saturated rings. The topological polar surface area (TPSA) is 76.7 Å². The van der Waals surface area contributed by atoms with Crippen molar-refractivity contribution in [3.63, 3.8) is 0 Å². The van der Waals surface area contributed by atoms with Crippen molar-refractivity contribution in [1.29, 1.82) is 0 Å². The molecule has 6 heteroatoms. The van der Waals surface area contributed by atoms with Gasteiger partial charge in [-0.3, -0.25) is 4.79 Å². The summed E-state index contributed by atoms with van der Waals surface area (Å²) in [4.78, 5) is 23.5. The van der Waals surface area contributed by atoms with Crippen molar-refractivity contribution in [2.75, 3.05) is 13.1 Å². The molecule has 0 heterocycles. The molecule has 6 nitrogen and oxygen atoms in total. The lowest BCUT2D eigenvalue weighted by atomic mass is 10.0. The number of nitrogens with one attached hydrogen (secondary N) is 2. The summed E-state index contributed by atoms with van der Waals surface area (Å²) in [5.41, 5.74) is 0.679. The van der Waals surface area contributed by atoms with Gasteiger partial charge in [0.25, 0.3) is 5.91 Å². The molecule has 1 aromatic carbocycles. The van der Waals surface area contributed by atoms with Crippen LogP contribution in [0.2, 0.25) is 0 Å². The summed E-state index contributed by atoms with van der Waals surface area (Å²) >= 11 is 0. The predicted octanol–water partition coefficient (Wildman–Crippen LogP) is 3.22. The Hall–Kier alpha value is -2.24. The molecular formula is C19H30N2O4. The van der Waals surface area contributed by atoms with Crippen molar-refractivity contribution in [2.24, 2.45) is 0 Å². The van der Waals surface area contributed by atoms with Crippen LogP contribution in [0.1, 0.15) is 53.0 Å². The molecule has 1 unspecified atom stereocenters. The zero-order valence-electron chi connectivity index (χ0n) is 16.0. The highest BCUT2D eigenvalue weighted by molar-refractivity contribution is 5.80.